The number of aromatic hydroxyl groups is 1. The zero-order chi connectivity index (χ0) is 15.5. The maximum Gasteiger partial charge on any atom is 0.410 e. The van der Waals surface area contributed by atoms with E-state index in [1.807, 2.05) is 0 Å². The predicted molar refractivity (Wildman–Crippen MR) is 78.6 cm³/mol. The molecule has 0 saturated heterocycles. The molecule has 1 unspecified atom stereocenters. The maximum atomic E-state index is 12.0. The molecule has 1 atom stereocenters. The fraction of sp³-hybridized carbons (Fsp3) is 0.429. The second-order valence-corrected chi connectivity index (χ2v) is 6.20. The molecular weight excluding hydrogens is 326 g/mol. The summed E-state index contributed by atoms with van der Waals surface area (Å²) in [5.41, 5.74) is -0.328. The minimum Gasteiger partial charge on any atom is -0.508 e. The van der Waals surface area contributed by atoms with Crippen LogP contribution in [0.2, 0.25) is 0 Å². The second-order valence-electron chi connectivity index (χ2n) is 5.34. The van der Waals surface area contributed by atoms with E-state index in [-0.39, 0.29) is 5.75 Å². The molecule has 0 bridgehead atoms. The Labute approximate surface area is 126 Å². The molecule has 0 radical (unpaired) electrons. The van der Waals surface area contributed by atoms with Crippen LogP contribution in [0.4, 0.5) is 4.79 Å². The van der Waals surface area contributed by atoms with Crippen molar-refractivity contribution >= 4 is 28.3 Å². The standard InChI is InChI=1S/C14H18BrNO4/c1-14(2,3)20-13(19)16(4)10(8-17)12-9(15)6-5-7-11(12)18/h5-8,10,18H,1-4H3. The van der Waals surface area contributed by atoms with Crippen LogP contribution in [-0.2, 0) is 9.53 Å². The number of hydrogen-bond donors (Lipinski definition) is 1. The molecular formula is C14H18BrNO4. The van der Waals surface area contributed by atoms with E-state index >= 15 is 0 Å². The molecule has 0 heterocycles. The first-order valence-electron chi connectivity index (χ1n) is 6.06. The molecule has 6 heteroatoms. The molecule has 1 rings (SSSR count). The van der Waals surface area contributed by atoms with Crippen molar-refractivity contribution in [1.29, 1.82) is 0 Å². The first-order chi connectivity index (χ1) is 9.17. The van der Waals surface area contributed by atoms with Crippen molar-refractivity contribution in [3.8, 4) is 5.75 Å². The number of rotatable bonds is 3. The van der Waals surface area contributed by atoms with Crippen LogP contribution < -0.4 is 0 Å². The molecule has 0 aliphatic rings. The van der Waals surface area contributed by atoms with Crippen molar-refractivity contribution in [3.05, 3.63) is 28.2 Å². The van der Waals surface area contributed by atoms with Crippen LogP contribution in [0.5, 0.6) is 5.75 Å². The molecule has 5 nitrogen and oxygen atoms in total. The Morgan fingerprint density at radius 1 is 1.45 bits per heavy atom. The summed E-state index contributed by atoms with van der Waals surface area (Å²) >= 11 is 3.27. The zero-order valence-electron chi connectivity index (χ0n) is 11.9. The van der Waals surface area contributed by atoms with Gasteiger partial charge in [0.2, 0.25) is 0 Å². The minimum absolute atomic E-state index is 0.0631. The van der Waals surface area contributed by atoms with Crippen molar-refractivity contribution in [2.75, 3.05) is 7.05 Å². The Hall–Kier alpha value is -1.56. The van der Waals surface area contributed by atoms with Gasteiger partial charge < -0.3 is 14.6 Å². The third kappa shape index (κ3) is 3.96. The first-order valence-corrected chi connectivity index (χ1v) is 6.85. The number of amides is 1. The average molecular weight is 344 g/mol. The number of halogens is 1. The van der Waals surface area contributed by atoms with Crippen molar-refractivity contribution in [1.82, 2.24) is 4.90 Å². The van der Waals surface area contributed by atoms with Crippen molar-refractivity contribution < 1.29 is 19.4 Å². The van der Waals surface area contributed by atoms with Crippen LogP contribution in [0.15, 0.2) is 22.7 Å². The number of nitrogens with zero attached hydrogens (tertiary/aromatic N) is 1. The highest BCUT2D eigenvalue weighted by Gasteiger charge is 2.29. The van der Waals surface area contributed by atoms with Gasteiger partial charge in [0.1, 0.15) is 23.7 Å². The maximum absolute atomic E-state index is 12.0. The normalized spacial score (nSPS) is 12.7. The molecule has 0 aromatic heterocycles. The predicted octanol–water partition coefficient (Wildman–Crippen LogP) is 3.26. The molecule has 0 aliphatic carbocycles. The van der Waals surface area contributed by atoms with Gasteiger partial charge in [-0.1, -0.05) is 22.0 Å². The quantitative estimate of drug-likeness (QED) is 0.855. The lowest BCUT2D eigenvalue weighted by Crippen LogP contribution is -2.37. The highest BCUT2D eigenvalue weighted by atomic mass is 79.9. The number of aldehydes is 1. The van der Waals surface area contributed by atoms with Gasteiger partial charge in [-0.15, -0.1) is 0 Å². The molecule has 0 aliphatic heterocycles. The van der Waals surface area contributed by atoms with Crippen LogP contribution in [0.25, 0.3) is 0 Å². The number of phenols is 1. The van der Waals surface area contributed by atoms with Crippen molar-refractivity contribution in [3.63, 3.8) is 0 Å². The molecule has 0 saturated carbocycles. The first kappa shape index (κ1) is 16.5. The van der Waals surface area contributed by atoms with Gasteiger partial charge >= 0.3 is 6.09 Å². The van der Waals surface area contributed by atoms with Gasteiger partial charge in [0.25, 0.3) is 0 Å². The Bertz CT molecular complexity index is 490. The Morgan fingerprint density at radius 3 is 2.50 bits per heavy atom. The Morgan fingerprint density at radius 2 is 2.05 bits per heavy atom. The molecule has 1 amide bonds. The fourth-order valence-electron chi connectivity index (χ4n) is 1.62. The lowest BCUT2D eigenvalue weighted by Gasteiger charge is -2.28. The van der Waals surface area contributed by atoms with Crippen LogP contribution in [0.3, 0.4) is 0 Å². The van der Waals surface area contributed by atoms with Gasteiger partial charge in [0, 0.05) is 17.1 Å². The van der Waals surface area contributed by atoms with Crippen molar-refractivity contribution in [2.24, 2.45) is 0 Å². The van der Waals surface area contributed by atoms with Gasteiger partial charge in [-0.2, -0.15) is 0 Å². The number of phenolic OH excluding ortho intramolecular Hbond substituents is 1. The van der Waals surface area contributed by atoms with Gasteiger partial charge in [0.05, 0.1) is 0 Å². The highest BCUT2D eigenvalue weighted by Crippen LogP contribution is 2.33. The van der Waals surface area contributed by atoms with Gasteiger partial charge in [-0.25, -0.2) is 4.79 Å². The fourth-order valence-corrected chi connectivity index (χ4v) is 2.21. The summed E-state index contributed by atoms with van der Waals surface area (Å²) in [6.07, 6.45) is -0.0475. The molecule has 0 spiro atoms. The van der Waals surface area contributed by atoms with Crippen LogP contribution in [-0.4, -0.2) is 35.0 Å². The number of carbonyl (C=O) groups excluding carboxylic acids is 2. The van der Waals surface area contributed by atoms with E-state index in [4.69, 9.17) is 4.74 Å². The Kier molecular flexibility index (Phi) is 5.16. The summed E-state index contributed by atoms with van der Waals surface area (Å²) in [7, 11) is 1.45. The molecule has 20 heavy (non-hydrogen) atoms. The van der Waals surface area contributed by atoms with E-state index in [1.165, 1.54) is 13.1 Å². The van der Waals surface area contributed by atoms with E-state index in [2.05, 4.69) is 15.9 Å². The van der Waals surface area contributed by atoms with E-state index in [0.717, 1.165) is 4.90 Å². The average Bonchev–Trinajstić information content (AvgIpc) is 2.31. The summed E-state index contributed by atoms with van der Waals surface area (Å²) in [5, 5.41) is 9.89. The molecule has 1 aromatic rings. The highest BCUT2D eigenvalue weighted by molar-refractivity contribution is 9.10. The summed E-state index contributed by atoms with van der Waals surface area (Å²) in [6, 6.07) is 3.85. The van der Waals surface area contributed by atoms with Gasteiger partial charge in [0.15, 0.2) is 0 Å². The van der Waals surface area contributed by atoms with E-state index in [0.29, 0.717) is 16.3 Å². The SMILES string of the molecule is CN(C(=O)OC(C)(C)C)C(C=O)c1c(O)cccc1Br. The summed E-state index contributed by atoms with van der Waals surface area (Å²) in [5.74, 6) is -0.0631. The van der Waals surface area contributed by atoms with Crippen LogP contribution in [0.1, 0.15) is 32.4 Å². The van der Waals surface area contributed by atoms with Crippen LogP contribution >= 0.6 is 15.9 Å². The monoisotopic (exact) mass is 343 g/mol. The van der Waals surface area contributed by atoms with E-state index < -0.39 is 17.7 Å². The molecule has 0 fully saturated rings. The van der Waals surface area contributed by atoms with Crippen molar-refractivity contribution in [2.45, 2.75) is 32.4 Å². The number of benzene rings is 1. The lowest BCUT2D eigenvalue weighted by atomic mass is 10.1. The number of hydrogen-bond acceptors (Lipinski definition) is 4. The Balaban J connectivity index is 3.08. The van der Waals surface area contributed by atoms with E-state index in [1.54, 1.807) is 32.9 Å². The third-order valence-corrected chi connectivity index (χ3v) is 3.24. The largest absolute Gasteiger partial charge is 0.508 e. The van der Waals surface area contributed by atoms with Gasteiger partial charge in [-0.3, -0.25) is 4.90 Å². The number of ether oxygens (including phenoxy) is 1. The topological polar surface area (TPSA) is 66.8 Å². The van der Waals surface area contributed by atoms with E-state index in [9.17, 15) is 14.7 Å². The summed E-state index contributed by atoms with van der Waals surface area (Å²) < 4.78 is 5.76. The van der Waals surface area contributed by atoms with Crippen LogP contribution in [0, 0.1) is 0 Å². The zero-order valence-corrected chi connectivity index (χ0v) is 13.5. The lowest BCUT2D eigenvalue weighted by molar-refractivity contribution is -0.112. The number of likely N-dealkylation sites (N-methyl/N-ethyl adjacent to an activating group) is 1. The number of carbonyl (C=O) groups is 2. The third-order valence-electron chi connectivity index (χ3n) is 2.55. The van der Waals surface area contributed by atoms with Gasteiger partial charge in [-0.05, 0) is 32.9 Å². The summed E-state index contributed by atoms with van der Waals surface area (Å²) in [6.45, 7) is 5.22. The molecule has 1 aromatic carbocycles. The minimum atomic E-state index is -0.930. The summed E-state index contributed by atoms with van der Waals surface area (Å²) in [4.78, 5) is 24.5. The molecule has 1 N–H and O–H groups in total. The smallest absolute Gasteiger partial charge is 0.410 e. The molecule has 110 valence electrons. The second kappa shape index (κ2) is 6.26.